The molecule has 3 nitrogen and oxygen atoms in total. The lowest BCUT2D eigenvalue weighted by molar-refractivity contribution is 1.01. The first-order chi connectivity index (χ1) is 10.7. The molecule has 0 atom stereocenters. The van der Waals surface area contributed by atoms with Crippen molar-refractivity contribution in [3.8, 4) is 23.0 Å². The van der Waals surface area contributed by atoms with Gasteiger partial charge in [-0.3, -0.25) is 0 Å². The molecule has 3 aromatic rings. The highest BCUT2D eigenvalue weighted by Gasteiger charge is 2.10. The summed E-state index contributed by atoms with van der Waals surface area (Å²) in [4.78, 5) is 4.39. The molecule has 0 N–H and O–H groups in total. The van der Waals surface area contributed by atoms with Crippen molar-refractivity contribution in [2.24, 2.45) is 0 Å². The molecule has 0 radical (unpaired) electrons. The number of rotatable bonds is 3. The maximum atomic E-state index is 9.38. The molecule has 0 unspecified atom stereocenters. The number of nitriles is 1. The van der Waals surface area contributed by atoms with Crippen molar-refractivity contribution in [3.63, 3.8) is 0 Å². The highest BCUT2D eigenvalue weighted by molar-refractivity contribution is 5.71. The van der Waals surface area contributed by atoms with Crippen LogP contribution in [-0.4, -0.2) is 9.55 Å². The van der Waals surface area contributed by atoms with Crippen molar-refractivity contribution in [3.05, 3.63) is 78.8 Å². The van der Waals surface area contributed by atoms with Crippen LogP contribution >= 0.6 is 0 Å². The van der Waals surface area contributed by atoms with E-state index in [4.69, 9.17) is 0 Å². The number of aromatic nitrogens is 2. The van der Waals surface area contributed by atoms with E-state index >= 15 is 0 Å². The van der Waals surface area contributed by atoms with Gasteiger partial charge in [-0.2, -0.15) is 5.26 Å². The first kappa shape index (κ1) is 13.8. The average Bonchev–Trinajstić information content (AvgIpc) is 3.00. The third-order valence-corrected chi connectivity index (χ3v) is 3.53. The molecule has 0 amide bonds. The number of benzene rings is 1. The van der Waals surface area contributed by atoms with Crippen molar-refractivity contribution >= 4 is 5.57 Å². The van der Waals surface area contributed by atoms with E-state index in [1.54, 1.807) is 6.20 Å². The van der Waals surface area contributed by atoms with Gasteiger partial charge in [-0.1, -0.05) is 42.5 Å². The second-order valence-electron chi connectivity index (χ2n) is 5.15. The topological polar surface area (TPSA) is 41.6 Å². The maximum absolute atomic E-state index is 9.38. The van der Waals surface area contributed by atoms with E-state index in [0.29, 0.717) is 5.56 Å². The van der Waals surface area contributed by atoms with E-state index in [0.717, 1.165) is 28.1 Å². The van der Waals surface area contributed by atoms with Gasteiger partial charge in [0.05, 0.1) is 5.56 Å². The molecule has 0 spiro atoms. The molecule has 0 aliphatic heterocycles. The van der Waals surface area contributed by atoms with Crippen molar-refractivity contribution in [1.82, 2.24) is 9.55 Å². The Morgan fingerprint density at radius 2 is 1.95 bits per heavy atom. The molecule has 0 saturated carbocycles. The molecule has 1 aromatic carbocycles. The van der Waals surface area contributed by atoms with Crippen molar-refractivity contribution in [2.75, 3.05) is 0 Å². The number of pyridine rings is 1. The largest absolute Gasteiger partial charge is 0.307 e. The molecular formula is C19H15N3. The highest BCUT2D eigenvalue weighted by Crippen LogP contribution is 2.26. The van der Waals surface area contributed by atoms with E-state index in [-0.39, 0.29) is 0 Å². The number of hydrogen-bond acceptors (Lipinski definition) is 2. The van der Waals surface area contributed by atoms with Gasteiger partial charge < -0.3 is 4.57 Å². The molecule has 106 valence electrons. The van der Waals surface area contributed by atoms with Gasteiger partial charge in [-0.15, -0.1) is 0 Å². The Morgan fingerprint density at radius 3 is 2.64 bits per heavy atom. The molecular weight excluding hydrogens is 270 g/mol. The van der Waals surface area contributed by atoms with Crippen LogP contribution in [0.1, 0.15) is 18.1 Å². The SMILES string of the molecule is C=C(C)c1ccnc(-n2cc(C#N)c(-c3ccccc3)c2)c1. The average molecular weight is 285 g/mol. The van der Waals surface area contributed by atoms with E-state index < -0.39 is 0 Å². The monoisotopic (exact) mass is 285 g/mol. The molecule has 2 heterocycles. The zero-order chi connectivity index (χ0) is 15.5. The Hall–Kier alpha value is -3.12. The van der Waals surface area contributed by atoms with Gasteiger partial charge in [0.1, 0.15) is 11.9 Å². The van der Waals surface area contributed by atoms with Gasteiger partial charge in [-0.05, 0) is 30.2 Å². The molecule has 0 aliphatic carbocycles. The Labute approximate surface area is 129 Å². The lowest BCUT2D eigenvalue weighted by atomic mass is 10.1. The van der Waals surface area contributed by atoms with E-state index in [2.05, 4.69) is 17.6 Å². The minimum atomic E-state index is 0.633. The number of nitrogens with zero attached hydrogens (tertiary/aromatic N) is 3. The standard InChI is InChI=1S/C19H15N3/c1-14(2)16-8-9-21-19(10-16)22-12-17(11-20)18(13-22)15-6-4-3-5-7-15/h3-10,12-13H,1H2,2H3. The predicted molar refractivity (Wildman–Crippen MR) is 88.4 cm³/mol. The highest BCUT2D eigenvalue weighted by atomic mass is 15.0. The Balaban J connectivity index is 2.11. The van der Waals surface area contributed by atoms with Gasteiger partial charge in [0, 0.05) is 24.2 Å². The fourth-order valence-electron chi connectivity index (χ4n) is 2.35. The van der Waals surface area contributed by atoms with Crippen LogP contribution in [0.15, 0.2) is 67.6 Å². The summed E-state index contributed by atoms with van der Waals surface area (Å²) in [5.41, 5.74) is 4.59. The van der Waals surface area contributed by atoms with Gasteiger partial charge in [0.15, 0.2) is 0 Å². The van der Waals surface area contributed by atoms with Crippen LogP contribution in [-0.2, 0) is 0 Å². The van der Waals surface area contributed by atoms with Crippen molar-refractivity contribution < 1.29 is 0 Å². The summed E-state index contributed by atoms with van der Waals surface area (Å²) in [5, 5.41) is 9.38. The molecule has 3 rings (SSSR count). The lowest BCUT2D eigenvalue weighted by Gasteiger charge is -2.04. The van der Waals surface area contributed by atoms with Gasteiger partial charge in [-0.25, -0.2) is 4.98 Å². The normalized spacial score (nSPS) is 10.2. The fraction of sp³-hybridized carbons (Fsp3) is 0.0526. The zero-order valence-electron chi connectivity index (χ0n) is 12.3. The summed E-state index contributed by atoms with van der Waals surface area (Å²) in [6.45, 7) is 5.92. The van der Waals surface area contributed by atoms with E-state index in [1.807, 2.05) is 66.3 Å². The molecule has 0 bridgehead atoms. The van der Waals surface area contributed by atoms with Crippen LogP contribution < -0.4 is 0 Å². The van der Waals surface area contributed by atoms with E-state index in [9.17, 15) is 5.26 Å². The Bertz CT molecular complexity index is 867. The summed E-state index contributed by atoms with van der Waals surface area (Å²) in [7, 11) is 0. The minimum Gasteiger partial charge on any atom is -0.307 e. The molecule has 3 heteroatoms. The Morgan fingerprint density at radius 1 is 1.18 bits per heavy atom. The Kier molecular flexibility index (Phi) is 3.59. The minimum absolute atomic E-state index is 0.633. The van der Waals surface area contributed by atoms with Crippen LogP contribution in [0.3, 0.4) is 0 Å². The van der Waals surface area contributed by atoms with Crippen LogP contribution in [0.2, 0.25) is 0 Å². The van der Waals surface area contributed by atoms with Crippen LogP contribution in [0.25, 0.3) is 22.5 Å². The lowest BCUT2D eigenvalue weighted by Crippen LogP contribution is -1.94. The van der Waals surface area contributed by atoms with Crippen molar-refractivity contribution in [1.29, 1.82) is 5.26 Å². The van der Waals surface area contributed by atoms with Gasteiger partial charge in [0.25, 0.3) is 0 Å². The predicted octanol–water partition coefficient (Wildman–Crippen LogP) is 4.44. The summed E-state index contributed by atoms with van der Waals surface area (Å²) < 4.78 is 1.88. The first-order valence-corrected chi connectivity index (χ1v) is 6.99. The van der Waals surface area contributed by atoms with Gasteiger partial charge >= 0.3 is 0 Å². The van der Waals surface area contributed by atoms with Crippen LogP contribution in [0.5, 0.6) is 0 Å². The maximum Gasteiger partial charge on any atom is 0.137 e. The molecule has 2 aromatic heterocycles. The summed E-state index contributed by atoms with van der Waals surface area (Å²) in [5.74, 6) is 0.777. The van der Waals surface area contributed by atoms with E-state index in [1.165, 1.54) is 0 Å². The summed E-state index contributed by atoms with van der Waals surface area (Å²) in [6, 6.07) is 16.0. The molecule has 22 heavy (non-hydrogen) atoms. The van der Waals surface area contributed by atoms with Gasteiger partial charge in [0.2, 0.25) is 0 Å². The quantitative estimate of drug-likeness (QED) is 0.713. The second kappa shape index (κ2) is 5.71. The van der Waals surface area contributed by atoms with Crippen LogP contribution in [0.4, 0.5) is 0 Å². The van der Waals surface area contributed by atoms with Crippen molar-refractivity contribution in [2.45, 2.75) is 6.92 Å². The summed E-state index contributed by atoms with van der Waals surface area (Å²) >= 11 is 0. The fourth-order valence-corrected chi connectivity index (χ4v) is 2.35. The molecule has 0 aliphatic rings. The summed E-state index contributed by atoms with van der Waals surface area (Å²) in [6.07, 6.45) is 5.51. The second-order valence-corrected chi connectivity index (χ2v) is 5.15. The third kappa shape index (κ3) is 2.55. The molecule has 0 saturated heterocycles. The number of allylic oxidation sites excluding steroid dienone is 1. The van der Waals surface area contributed by atoms with Crippen LogP contribution in [0, 0.1) is 11.3 Å². The number of hydrogen-bond donors (Lipinski definition) is 0. The zero-order valence-corrected chi connectivity index (χ0v) is 12.3. The third-order valence-electron chi connectivity index (χ3n) is 3.53. The smallest absolute Gasteiger partial charge is 0.137 e. The first-order valence-electron chi connectivity index (χ1n) is 6.99. The molecule has 0 fully saturated rings.